The summed E-state index contributed by atoms with van der Waals surface area (Å²) in [5, 5.41) is 0. The average Bonchev–Trinajstić information content (AvgIpc) is 2.78. The summed E-state index contributed by atoms with van der Waals surface area (Å²) in [6.07, 6.45) is 0.316. The molecule has 1 aliphatic heterocycles. The molecule has 0 amide bonds. The first-order valence-electron chi connectivity index (χ1n) is 5.41. The molecule has 2 N–H and O–H groups in total. The van der Waals surface area contributed by atoms with Crippen molar-refractivity contribution in [3.63, 3.8) is 0 Å². The maximum absolute atomic E-state index is 11.9. The van der Waals surface area contributed by atoms with Gasteiger partial charge in [-0.1, -0.05) is 0 Å². The number of ketones is 1. The zero-order chi connectivity index (χ0) is 12.3. The van der Waals surface area contributed by atoms with Gasteiger partial charge in [-0.2, -0.15) is 0 Å². The molecule has 0 spiro atoms. The van der Waals surface area contributed by atoms with Gasteiger partial charge in [-0.05, 0) is 18.7 Å². The zero-order valence-electron chi connectivity index (χ0n) is 9.69. The van der Waals surface area contributed by atoms with Gasteiger partial charge in [0.15, 0.2) is 17.3 Å². The largest absolute Gasteiger partial charge is 0.454 e. The van der Waals surface area contributed by atoms with Crippen molar-refractivity contribution in [3.05, 3.63) is 23.3 Å². The van der Waals surface area contributed by atoms with Gasteiger partial charge in [0, 0.05) is 24.7 Å². The van der Waals surface area contributed by atoms with Gasteiger partial charge in [-0.25, -0.2) is 0 Å². The summed E-state index contributed by atoms with van der Waals surface area (Å²) < 4.78 is 15.7. The molecule has 0 fully saturated rings. The molecule has 5 nitrogen and oxygen atoms in total. The second-order valence-electron chi connectivity index (χ2n) is 3.72. The van der Waals surface area contributed by atoms with Crippen molar-refractivity contribution in [2.24, 2.45) is 5.73 Å². The molecule has 1 aliphatic rings. The van der Waals surface area contributed by atoms with Gasteiger partial charge in [0.1, 0.15) is 0 Å². The summed E-state index contributed by atoms with van der Waals surface area (Å²) in [5.74, 6) is 1.26. The van der Waals surface area contributed by atoms with Gasteiger partial charge >= 0.3 is 0 Å². The van der Waals surface area contributed by atoms with Crippen LogP contribution in [0.1, 0.15) is 22.3 Å². The van der Waals surface area contributed by atoms with Crippen molar-refractivity contribution in [2.75, 3.05) is 20.4 Å². The third kappa shape index (κ3) is 2.25. The quantitative estimate of drug-likeness (QED) is 0.776. The van der Waals surface area contributed by atoms with Gasteiger partial charge in [-0.15, -0.1) is 0 Å². The number of methoxy groups -OCH3 is 1. The minimum absolute atomic E-state index is 0.00199. The lowest BCUT2D eigenvalue weighted by atomic mass is 10.0. The van der Waals surface area contributed by atoms with E-state index in [0.717, 1.165) is 5.56 Å². The van der Waals surface area contributed by atoms with Crippen LogP contribution in [0, 0.1) is 0 Å². The fraction of sp³-hybridized carbons (Fsp3) is 0.417. The first kappa shape index (κ1) is 11.9. The van der Waals surface area contributed by atoms with Crippen molar-refractivity contribution in [2.45, 2.75) is 13.0 Å². The Morgan fingerprint density at radius 1 is 1.47 bits per heavy atom. The van der Waals surface area contributed by atoms with E-state index in [1.165, 1.54) is 0 Å². The lowest BCUT2D eigenvalue weighted by Crippen LogP contribution is -2.11. The lowest BCUT2D eigenvalue weighted by molar-refractivity contribution is 0.0979. The predicted molar refractivity (Wildman–Crippen MR) is 61.3 cm³/mol. The van der Waals surface area contributed by atoms with Crippen LogP contribution in [-0.4, -0.2) is 26.2 Å². The van der Waals surface area contributed by atoms with Crippen LogP contribution in [0.3, 0.4) is 0 Å². The van der Waals surface area contributed by atoms with Crippen molar-refractivity contribution in [3.8, 4) is 11.5 Å². The normalized spacial score (nSPS) is 12.8. The fourth-order valence-electron chi connectivity index (χ4n) is 1.84. The molecule has 0 saturated carbocycles. The van der Waals surface area contributed by atoms with Crippen LogP contribution in [0.2, 0.25) is 0 Å². The van der Waals surface area contributed by atoms with Crippen LogP contribution >= 0.6 is 0 Å². The van der Waals surface area contributed by atoms with E-state index in [2.05, 4.69) is 0 Å². The topological polar surface area (TPSA) is 70.8 Å². The number of fused-ring (bicyclic) bond motifs is 1. The van der Waals surface area contributed by atoms with E-state index >= 15 is 0 Å². The number of ether oxygens (including phenoxy) is 3. The molecule has 2 rings (SSSR count). The number of benzene rings is 1. The number of hydrogen-bond donors (Lipinski definition) is 1. The van der Waals surface area contributed by atoms with Crippen LogP contribution in [0.15, 0.2) is 12.1 Å². The van der Waals surface area contributed by atoms with Gasteiger partial charge in [0.2, 0.25) is 6.79 Å². The van der Waals surface area contributed by atoms with E-state index < -0.39 is 0 Å². The highest BCUT2D eigenvalue weighted by Crippen LogP contribution is 2.38. The standard InChI is InChI=1S/C12H15NO4/c1-15-6-9-8(10(14)4-5-13)2-3-11-12(9)17-7-16-11/h2-3H,4-7,13H2,1H3. The Hall–Kier alpha value is -1.59. The Kier molecular flexibility index (Phi) is 3.61. The monoisotopic (exact) mass is 237 g/mol. The molecule has 1 heterocycles. The first-order valence-corrected chi connectivity index (χ1v) is 5.41. The molecule has 1 aromatic carbocycles. The van der Waals surface area contributed by atoms with E-state index in [1.807, 2.05) is 0 Å². The van der Waals surface area contributed by atoms with Crippen LogP contribution in [0.4, 0.5) is 0 Å². The van der Waals surface area contributed by atoms with Crippen LogP contribution in [0.5, 0.6) is 11.5 Å². The van der Waals surface area contributed by atoms with Crippen molar-refractivity contribution in [1.29, 1.82) is 0 Å². The van der Waals surface area contributed by atoms with E-state index in [1.54, 1.807) is 19.2 Å². The van der Waals surface area contributed by atoms with Crippen LogP contribution in [-0.2, 0) is 11.3 Å². The highest BCUT2D eigenvalue weighted by Gasteiger charge is 2.23. The van der Waals surface area contributed by atoms with Gasteiger partial charge in [-0.3, -0.25) is 4.79 Å². The number of carbonyl (C=O) groups excluding carboxylic acids is 1. The Labute approximate surface area is 99.5 Å². The Morgan fingerprint density at radius 3 is 3.00 bits per heavy atom. The van der Waals surface area contributed by atoms with Gasteiger partial charge in [0.05, 0.1) is 6.61 Å². The molecule has 0 aliphatic carbocycles. The number of Topliss-reactive ketones (excluding diaryl/α,β-unsaturated/α-hetero) is 1. The maximum atomic E-state index is 11.9. The molecular formula is C12H15NO4. The summed E-state index contributed by atoms with van der Waals surface area (Å²) in [7, 11) is 1.58. The highest BCUT2D eigenvalue weighted by molar-refractivity contribution is 5.98. The molecule has 5 heteroatoms. The summed E-state index contributed by atoms with van der Waals surface area (Å²) in [6.45, 7) is 0.832. The summed E-state index contributed by atoms with van der Waals surface area (Å²) in [5.41, 5.74) is 6.73. The number of hydrogen-bond acceptors (Lipinski definition) is 5. The second-order valence-corrected chi connectivity index (χ2v) is 3.72. The number of nitrogens with two attached hydrogens (primary N) is 1. The smallest absolute Gasteiger partial charge is 0.231 e. The molecule has 0 radical (unpaired) electrons. The summed E-state index contributed by atoms with van der Waals surface area (Å²) >= 11 is 0. The molecular weight excluding hydrogens is 222 g/mol. The summed E-state index contributed by atoms with van der Waals surface area (Å²) in [4.78, 5) is 11.9. The molecule has 0 saturated heterocycles. The highest BCUT2D eigenvalue weighted by atomic mass is 16.7. The summed E-state index contributed by atoms with van der Waals surface area (Å²) in [6, 6.07) is 3.48. The molecule has 0 atom stereocenters. The predicted octanol–water partition coefficient (Wildman–Crippen LogP) is 1.09. The van der Waals surface area contributed by atoms with Crippen molar-refractivity contribution >= 4 is 5.78 Å². The Morgan fingerprint density at radius 2 is 2.29 bits per heavy atom. The second kappa shape index (κ2) is 5.16. The molecule has 0 aromatic heterocycles. The van der Waals surface area contributed by atoms with E-state index in [9.17, 15) is 4.79 Å². The van der Waals surface area contributed by atoms with Crippen LogP contribution in [0.25, 0.3) is 0 Å². The van der Waals surface area contributed by atoms with Crippen molar-refractivity contribution in [1.82, 2.24) is 0 Å². The Balaban J connectivity index is 2.41. The number of carbonyl (C=O) groups is 1. The number of rotatable bonds is 5. The van der Waals surface area contributed by atoms with E-state index in [-0.39, 0.29) is 12.6 Å². The average molecular weight is 237 g/mol. The van der Waals surface area contributed by atoms with E-state index in [4.69, 9.17) is 19.9 Å². The third-order valence-electron chi connectivity index (χ3n) is 2.60. The minimum atomic E-state index is -0.00199. The Bertz CT molecular complexity index is 431. The fourth-order valence-corrected chi connectivity index (χ4v) is 1.84. The molecule has 92 valence electrons. The SMILES string of the molecule is COCc1c(C(=O)CCN)ccc2c1OCO2. The molecule has 17 heavy (non-hydrogen) atoms. The first-order chi connectivity index (χ1) is 8.27. The van der Waals surface area contributed by atoms with Gasteiger partial charge in [0.25, 0.3) is 0 Å². The molecule has 1 aromatic rings. The van der Waals surface area contributed by atoms with Crippen LogP contribution < -0.4 is 15.2 Å². The lowest BCUT2D eigenvalue weighted by Gasteiger charge is -2.10. The minimum Gasteiger partial charge on any atom is -0.454 e. The van der Waals surface area contributed by atoms with Gasteiger partial charge < -0.3 is 19.9 Å². The molecule has 0 bridgehead atoms. The van der Waals surface area contributed by atoms with Crippen molar-refractivity contribution < 1.29 is 19.0 Å². The third-order valence-corrected chi connectivity index (χ3v) is 2.60. The van der Waals surface area contributed by atoms with E-state index in [0.29, 0.717) is 36.6 Å². The maximum Gasteiger partial charge on any atom is 0.231 e. The zero-order valence-corrected chi connectivity index (χ0v) is 9.69. The molecule has 0 unspecified atom stereocenters.